The first kappa shape index (κ1) is 21.3. The first-order valence-electron chi connectivity index (χ1n) is 11.6. The lowest BCUT2D eigenvalue weighted by atomic mass is 9.88. The van der Waals surface area contributed by atoms with Crippen molar-refractivity contribution in [2.45, 2.75) is 38.0 Å². The molecule has 2 aliphatic heterocycles. The molecule has 2 amide bonds. The van der Waals surface area contributed by atoms with Gasteiger partial charge in [-0.15, -0.1) is 0 Å². The normalized spacial score (nSPS) is 18.0. The van der Waals surface area contributed by atoms with E-state index in [1.54, 1.807) is 11.9 Å². The van der Waals surface area contributed by atoms with Crippen LogP contribution in [0.2, 0.25) is 0 Å². The summed E-state index contributed by atoms with van der Waals surface area (Å²) in [5, 5.41) is 0. The van der Waals surface area contributed by atoms with E-state index in [1.807, 2.05) is 72.5 Å². The highest BCUT2D eigenvalue weighted by atomic mass is 16.2. The lowest BCUT2D eigenvalue weighted by Crippen LogP contribution is -2.42. The molecule has 2 aromatic carbocycles. The van der Waals surface area contributed by atoms with Crippen LogP contribution in [0.5, 0.6) is 0 Å². The predicted molar refractivity (Wildman–Crippen MR) is 127 cm³/mol. The number of rotatable bonds is 4. The first-order chi connectivity index (χ1) is 16.0. The van der Waals surface area contributed by atoms with Crippen molar-refractivity contribution >= 4 is 17.6 Å². The van der Waals surface area contributed by atoms with E-state index in [9.17, 15) is 9.59 Å². The fourth-order valence-electron chi connectivity index (χ4n) is 5.00. The lowest BCUT2D eigenvalue weighted by molar-refractivity contribution is -0.133. The van der Waals surface area contributed by atoms with Crippen LogP contribution in [0.3, 0.4) is 0 Å². The molecule has 5 rings (SSSR count). The maximum absolute atomic E-state index is 13.9. The van der Waals surface area contributed by atoms with Crippen LogP contribution in [0.1, 0.15) is 52.9 Å². The third kappa shape index (κ3) is 4.01. The van der Waals surface area contributed by atoms with Gasteiger partial charge in [0.2, 0.25) is 11.8 Å². The van der Waals surface area contributed by atoms with Crippen molar-refractivity contribution in [3.8, 4) is 0 Å². The molecule has 1 saturated heterocycles. The predicted octanol–water partition coefficient (Wildman–Crippen LogP) is 3.84. The van der Waals surface area contributed by atoms with E-state index in [-0.39, 0.29) is 23.7 Å². The van der Waals surface area contributed by atoms with Crippen molar-refractivity contribution < 1.29 is 9.59 Å². The Bertz CT molecular complexity index is 1140. The fraction of sp³-hybridized carbons (Fsp3) is 0.333. The number of likely N-dealkylation sites (tertiary alicyclic amines) is 1. The third-order valence-electron chi connectivity index (χ3n) is 6.84. The van der Waals surface area contributed by atoms with E-state index < -0.39 is 0 Å². The molecule has 1 fully saturated rings. The minimum atomic E-state index is -0.336. The van der Waals surface area contributed by atoms with Crippen molar-refractivity contribution in [3.63, 3.8) is 0 Å². The molecular weight excluding hydrogens is 412 g/mol. The van der Waals surface area contributed by atoms with Crippen molar-refractivity contribution in [3.05, 3.63) is 88.9 Å². The van der Waals surface area contributed by atoms with Gasteiger partial charge in [0.1, 0.15) is 11.6 Å². The maximum atomic E-state index is 13.9. The van der Waals surface area contributed by atoms with Gasteiger partial charge in [0.25, 0.3) is 0 Å². The molecule has 2 aliphatic rings. The highest BCUT2D eigenvalue weighted by Gasteiger charge is 2.34. The van der Waals surface area contributed by atoms with Gasteiger partial charge < -0.3 is 4.90 Å². The van der Waals surface area contributed by atoms with Crippen LogP contribution in [-0.4, -0.2) is 46.8 Å². The summed E-state index contributed by atoms with van der Waals surface area (Å²) in [4.78, 5) is 39.2. The van der Waals surface area contributed by atoms with E-state index in [1.165, 1.54) is 0 Å². The Hall–Kier alpha value is -3.54. The third-order valence-corrected chi connectivity index (χ3v) is 6.84. The van der Waals surface area contributed by atoms with Crippen molar-refractivity contribution in [1.29, 1.82) is 0 Å². The molecule has 0 unspecified atom stereocenters. The minimum absolute atomic E-state index is 0.0496. The van der Waals surface area contributed by atoms with Crippen molar-refractivity contribution in [2.75, 3.05) is 25.0 Å². The topological polar surface area (TPSA) is 66.4 Å². The number of hydrogen-bond donors (Lipinski definition) is 0. The fourth-order valence-corrected chi connectivity index (χ4v) is 5.00. The first-order valence-corrected chi connectivity index (χ1v) is 11.6. The highest BCUT2D eigenvalue weighted by molar-refractivity contribution is 6.00. The van der Waals surface area contributed by atoms with Crippen LogP contribution in [0, 0.1) is 6.92 Å². The van der Waals surface area contributed by atoms with E-state index in [0.29, 0.717) is 13.0 Å². The molecule has 6 nitrogen and oxygen atoms in total. The summed E-state index contributed by atoms with van der Waals surface area (Å²) in [6, 6.07) is 20.0. The Morgan fingerprint density at radius 2 is 1.64 bits per heavy atom. The number of piperidine rings is 1. The number of hydrogen-bond acceptors (Lipinski definition) is 4. The molecule has 0 radical (unpaired) electrons. The molecular formula is C27H28N4O2. The number of amides is 2. The summed E-state index contributed by atoms with van der Waals surface area (Å²) in [5.74, 6) is 1.34. The number of fused-ring (bicyclic) bond motifs is 1. The van der Waals surface area contributed by atoms with Gasteiger partial charge in [-0.3, -0.25) is 14.5 Å². The molecule has 1 atom stereocenters. The van der Waals surface area contributed by atoms with E-state index >= 15 is 0 Å². The maximum Gasteiger partial charge on any atom is 0.234 e. The summed E-state index contributed by atoms with van der Waals surface area (Å²) < 4.78 is 0. The smallest absolute Gasteiger partial charge is 0.234 e. The standard InChI is InChI=1S/C27H28N4O2/c1-18-22-16-23(32)30(2)26(22)29-25(28-18)21-14-9-15-31(17-21)27(33)24(19-10-5-3-6-11-19)20-12-7-4-8-13-20/h3-8,10-13,21,24H,9,14-17H2,1-2H3/t21-/m1/s1. The molecule has 0 aliphatic carbocycles. The van der Waals surface area contributed by atoms with Crippen molar-refractivity contribution in [1.82, 2.24) is 14.9 Å². The van der Waals surface area contributed by atoms with Gasteiger partial charge in [-0.1, -0.05) is 60.7 Å². The Morgan fingerprint density at radius 1 is 1.00 bits per heavy atom. The molecule has 0 saturated carbocycles. The Balaban J connectivity index is 1.43. The molecule has 6 heteroatoms. The number of carbonyl (C=O) groups is 2. The molecule has 33 heavy (non-hydrogen) atoms. The molecule has 3 heterocycles. The van der Waals surface area contributed by atoms with Crippen LogP contribution in [0.4, 0.5) is 5.82 Å². The SMILES string of the molecule is Cc1nc([C@@H]2CCCN(C(=O)C(c3ccccc3)c3ccccc3)C2)nc2c1CC(=O)N2C. The van der Waals surface area contributed by atoms with Gasteiger partial charge in [0.15, 0.2) is 0 Å². The zero-order valence-electron chi connectivity index (χ0n) is 19.1. The zero-order chi connectivity index (χ0) is 22.9. The molecule has 0 bridgehead atoms. The second-order valence-electron chi connectivity index (χ2n) is 8.98. The average Bonchev–Trinajstić information content (AvgIpc) is 3.15. The Kier molecular flexibility index (Phi) is 5.67. The van der Waals surface area contributed by atoms with Crippen LogP contribution in [0.25, 0.3) is 0 Å². The van der Waals surface area contributed by atoms with E-state index in [2.05, 4.69) is 0 Å². The van der Waals surface area contributed by atoms with Gasteiger partial charge in [-0.25, -0.2) is 9.97 Å². The van der Waals surface area contributed by atoms with Crippen LogP contribution >= 0.6 is 0 Å². The minimum Gasteiger partial charge on any atom is -0.341 e. The Labute approximate surface area is 194 Å². The van der Waals surface area contributed by atoms with Gasteiger partial charge in [0.05, 0.1) is 12.3 Å². The van der Waals surface area contributed by atoms with E-state index in [0.717, 1.165) is 53.4 Å². The summed E-state index contributed by atoms with van der Waals surface area (Å²) in [7, 11) is 1.77. The Morgan fingerprint density at radius 3 is 2.27 bits per heavy atom. The second-order valence-corrected chi connectivity index (χ2v) is 8.98. The van der Waals surface area contributed by atoms with Gasteiger partial charge >= 0.3 is 0 Å². The van der Waals surface area contributed by atoms with Gasteiger partial charge in [-0.2, -0.15) is 0 Å². The number of likely N-dealkylation sites (N-methyl/N-ethyl adjacent to an activating group) is 1. The lowest BCUT2D eigenvalue weighted by Gasteiger charge is -2.35. The van der Waals surface area contributed by atoms with Gasteiger partial charge in [0, 0.05) is 37.3 Å². The second kappa shape index (κ2) is 8.77. The number of nitrogens with zero attached hydrogens (tertiary/aromatic N) is 4. The summed E-state index contributed by atoms with van der Waals surface area (Å²) in [5.41, 5.74) is 3.78. The number of aryl methyl sites for hydroxylation is 1. The molecule has 3 aromatic rings. The average molecular weight is 441 g/mol. The number of benzene rings is 2. The molecule has 0 spiro atoms. The van der Waals surface area contributed by atoms with Crippen LogP contribution in [0.15, 0.2) is 60.7 Å². The van der Waals surface area contributed by atoms with Gasteiger partial charge in [-0.05, 0) is 30.9 Å². The van der Waals surface area contributed by atoms with Crippen molar-refractivity contribution in [2.24, 2.45) is 0 Å². The number of carbonyl (C=O) groups excluding carboxylic acids is 2. The quantitative estimate of drug-likeness (QED) is 0.618. The molecule has 168 valence electrons. The highest BCUT2D eigenvalue weighted by Crippen LogP contribution is 2.34. The number of aromatic nitrogens is 2. The van der Waals surface area contributed by atoms with Crippen LogP contribution < -0.4 is 4.90 Å². The summed E-state index contributed by atoms with van der Waals surface area (Å²) >= 11 is 0. The monoisotopic (exact) mass is 440 g/mol. The summed E-state index contributed by atoms with van der Waals surface area (Å²) in [6.07, 6.45) is 2.20. The zero-order valence-corrected chi connectivity index (χ0v) is 19.1. The largest absolute Gasteiger partial charge is 0.341 e. The summed E-state index contributed by atoms with van der Waals surface area (Å²) in [6.45, 7) is 3.27. The van der Waals surface area contributed by atoms with Crippen LogP contribution in [-0.2, 0) is 16.0 Å². The molecule has 0 N–H and O–H groups in total. The number of anilines is 1. The van der Waals surface area contributed by atoms with E-state index in [4.69, 9.17) is 9.97 Å². The molecule has 1 aromatic heterocycles.